The third-order valence-corrected chi connectivity index (χ3v) is 7.14. The van der Waals surface area contributed by atoms with E-state index in [1.807, 2.05) is 0 Å². The molecule has 0 aliphatic carbocycles. The minimum absolute atomic E-state index is 0.0814. The molecule has 0 radical (unpaired) electrons. The molecule has 0 saturated carbocycles. The average molecular weight is 522 g/mol. The van der Waals surface area contributed by atoms with Crippen LogP contribution in [0.4, 0.5) is 10.1 Å². The fraction of sp³-hybridized carbons (Fsp3) is 0.167. The second-order valence-corrected chi connectivity index (χ2v) is 9.43. The van der Waals surface area contributed by atoms with Gasteiger partial charge in [-0.25, -0.2) is 22.4 Å². The van der Waals surface area contributed by atoms with Crippen LogP contribution < -0.4 is 4.31 Å². The van der Waals surface area contributed by atoms with Crippen LogP contribution in [0.5, 0.6) is 0 Å². The molecule has 35 heavy (non-hydrogen) atoms. The molecule has 0 aliphatic heterocycles. The number of hydrogen-bond donors (Lipinski definition) is 0. The number of sulfonamides is 1. The van der Waals surface area contributed by atoms with Crippen molar-refractivity contribution in [2.75, 3.05) is 18.0 Å². The molecule has 0 saturated heterocycles. The van der Waals surface area contributed by atoms with Crippen molar-refractivity contribution in [2.24, 2.45) is 0 Å². The minimum Gasteiger partial charge on any atom is -0.465 e. The summed E-state index contributed by atoms with van der Waals surface area (Å²) in [6.45, 7) is 4.70. The van der Waals surface area contributed by atoms with Gasteiger partial charge in [0.1, 0.15) is 34.4 Å². The highest BCUT2D eigenvalue weighted by atomic mass is 35.5. The number of esters is 2. The molecular weight excluding hydrogens is 501 g/mol. The molecule has 3 rings (SSSR count). The molecule has 0 spiro atoms. The number of benzene rings is 2. The fourth-order valence-corrected chi connectivity index (χ4v) is 5.10. The molecule has 0 aliphatic rings. The Balaban J connectivity index is 1.87. The third-order valence-electron chi connectivity index (χ3n) is 4.86. The van der Waals surface area contributed by atoms with E-state index in [0.717, 1.165) is 22.5 Å². The normalized spacial score (nSPS) is 11.1. The van der Waals surface area contributed by atoms with Crippen molar-refractivity contribution < 1.29 is 36.3 Å². The predicted molar refractivity (Wildman–Crippen MR) is 126 cm³/mol. The molecule has 0 bridgehead atoms. The SMILES string of the molecule is C=CCN(c1ccc(F)cc1)S(=O)(=O)c1cc(C(=O)OCc2cc(C(=O)OC)c(C)o2)ccc1Cl. The Hall–Kier alpha value is -3.63. The van der Waals surface area contributed by atoms with Gasteiger partial charge in [0.2, 0.25) is 0 Å². The highest BCUT2D eigenvalue weighted by Crippen LogP contribution is 2.30. The summed E-state index contributed by atoms with van der Waals surface area (Å²) in [7, 11) is -3.04. The third kappa shape index (κ3) is 5.72. The first kappa shape index (κ1) is 26.0. The van der Waals surface area contributed by atoms with E-state index >= 15 is 0 Å². The van der Waals surface area contributed by atoms with Gasteiger partial charge >= 0.3 is 11.9 Å². The van der Waals surface area contributed by atoms with Crippen LogP contribution in [0, 0.1) is 12.7 Å². The predicted octanol–water partition coefficient (Wildman–Crippen LogP) is 4.91. The van der Waals surface area contributed by atoms with Crippen molar-refractivity contribution in [1.29, 1.82) is 0 Å². The molecule has 0 amide bonds. The van der Waals surface area contributed by atoms with Crippen LogP contribution in [0.25, 0.3) is 0 Å². The highest BCUT2D eigenvalue weighted by molar-refractivity contribution is 7.93. The summed E-state index contributed by atoms with van der Waals surface area (Å²) in [6.07, 6.45) is 1.36. The molecular formula is C24H21ClFNO7S. The van der Waals surface area contributed by atoms with Crippen LogP contribution in [0.15, 0.2) is 70.5 Å². The number of carbonyl (C=O) groups is 2. The van der Waals surface area contributed by atoms with Gasteiger partial charge in [-0.2, -0.15) is 0 Å². The first-order valence-corrected chi connectivity index (χ1v) is 11.9. The number of anilines is 1. The zero-order valence-electron chi connectivity index (χ0n) is 18.8. The van der Waals surface area contributed by atoms with Crippen LogP contribution >= 0.6 is 11.6 Å². The lowest BCUT2D eigenvalue weighted by Gasteiger charge is -2.24. The van der Waals surface area contributed by atoms with Crippen molar-refractivity contribution in [3.05, 3.63) is 94.7 Å². The van der Waals surface area contributed by atoms with Crippen LogP contribution in [0.2, 0.25) is 5.02 Å². The lowest BCUT2D eigenvalue weighted by Crippen LogP contribution is -2.31. The number of rotatable bonds is 9. The lowest BCUT2D eigenvalue weighted by atomic mass is 10.2. The van der Waals surface area contributed by atoms with E-state index in [9.17, 15) is 22.4 Å². The van der Waals surface area contributed by atoms with E-state index < -0.39 is 27.8 Å². The molecule has 11 heteroatoms. The maximum absolute atomic E-state index is 13.4. The lowest BCUT2D eigenvalue weighted by molar-refractivity contribution is 0.0443. The van der Waals surface area contributed by atoms with E-state index in [4.69, 9.17) is 20.8 Å². The molecule has 0 atom stereocenters. The maximum atomic E-state index is 13.4. The Morgan fingerprint density at radius 1 is 1.14 bits per heavy atom. The van der Waals surface area contributed by atoms with Crippen LogP contribution in [0.1, 0.15) is 32.2 Å². The quantitative estimate of drug-likeness (QED) is 0.291. The summed E-state index contributed by atoms with van der Waals surface area (Å²) >= 11 is 6.18. The molecule has 184 valence electrons. The maximum Gasteiger partial charge on any atom is 0.341 e. The molecule has 8 nitrogen and oxygen atoms in total. The number of aryl methyl sites for hydroxylation is 1. The Labute approximate surface area is 206 Å². The monoisotopic (exact) mass is 521 g/mol. The number of ether oxygens (including phenoxy) is 2. The molecule has 1 heterocycles. The summed E-state index contributed by atoms with van der Waals surface area (Å²) in [5.74, 6) is -1.47. The Kier molecular flexibility index (Phi) is 7.98. The largest absolute Gasteiger partial charge is 0.465 e. The number of carbonyl (C=O) groups excluding carboxylic acids is 2. The topological polar surface area (TPSA) is 103 Å². The number of furan rings is 1. The fourth-order valence-electron chi connectivity index (χ4n) is 3.16. The van der Waals surface area contributed by atoms with E-state index in [1.54, 1.807) is 6.92 Å². The van der Waals surface area contributed by atoms with E-state index in [-0.39, 0.29) is 45.6 Å². The first-order valence-electron chi connectivity index (χ1n) is 10.1. The summed E-state index contributed by atoms with van der Waals surface area (Å²) in [4.78, 5) is 24.0. The van der Waals surface area contributed by atoms with Gasteiger partial charge in [-0.05, 0) is 55.5 Å². The second-order valence-electron chi connectivity index (χ2n) is 7.20. The summed E-state index contributed by atoms with van der Waals surface area (Å²) in [5.41, 5.74) is 0.300. The Morgan fingerprint density at radius 2 is 1.83 bits per heavy atom. The average Bonchev–Trinajstić information content (AvgIpc) is 3.21. The number of nitrogens with zero attached hydrogens (tertiary/aromatic N) is 1. The second kappa shape index (κ2) is 10.7. The first-order chi connectivity index (χ1) is 16.6. The van der Waals surface area contributed by atoms with Gasteiger partial charge < -0.3 is 13.9 Å². The molecule has 0 unspecified atom stereocenters. The molecule has 0 fully saturated rings. The van der Waals surface area contributed by atoms with E-state index in [1.165, 1.54) is 43.5 Å². The molecule has 2 aromatic carbocycles. The van der Waals surface area contributed by atoms with Gasteiger partial charge in [-0.1, -0.05) is 17.7 Å². The molecule has 1 aromatic heterocycles. The minimum atomic E-state index is -4.27. The number of methoxy groups -OCH3 is 1. The van der Waals surface area contributed by atoms with Gasteiger partial charge in [0.25, 0.3) is 10.0 Å². The van der Waals surface area contributed by atoms with Gasteiger partial charge in [0.05, 0.1) is 29.9 Å². The Bertz CT molecular complexity index is 1370. The van der Waals surface area contributed by atoms with Crippen molar-refractivity contribution in [2.45, 2.75) is 18.4 Å². The molecule has 0 N–H and O–H groups in total. The number of halogens is 2. The van der Waals surface area contributed by atoms with Gasteiger partial charge in [0, 0.05) is 0 Å². The van der Waals surface area contributed by atoms with Crippen molar-refractivity contribution in [1.82, 2.24) is 0 Å². The summed E-state index contributed by atoms with van der Waals surface area (Å²) < 4.78 is 56.4. The summed E-state index contributed by atoms with van der Waals surface area (Å²) in [6, 6.07) is 9.90. The zero-order valence-corrected chi connectivity index (χ0v) is 20.4. The van der Waals surface area contributed by atoms with Crippen LogP contribution in [-0.2, 0) is 26.1 Å². The van der Waals surface area contributed by atoms with E-state index in [2.05, 4.69) is 11.3 Å². The van der Waals surface area contributed by atoms with Crippen LogP contribution in [0.3, 0.4) is 0 Å². The Morgan fingerprint density at radius 3 is 2.46 bits per heavy atom. The van der Waals surface area contributed by atoms with Crippen molar-refractivity contribution >= 4 is 39.3 Å². The van der Waals surface area contributed by atoms with Gasteiger partial charge in [-0.15, -0.1) is 6.58 Å². The van der Waals surface area contributed by atoms with Crippen molar-refractivity contribution in [3.8, 4) is 0 Å². The van der Waals surface area contributed by atoms with E-state index in [0.29, 0.717) is 5.76 Å². The smallest absolute Gasteiger partial charge is 0.341 e. The number of hydrogen-bond acceptors (Lipinski definition) is 7. The van der Waals surface area contributed by atoms with Crippen LogP contribution in [-0.4, -0.2) is 34.0 Å². The zero-order chi connectivity index (χ0) is 25.8. The standard InChI is InChI=1S/C24H21ClFNO7S/c1-4-11-27(18-8-6-17(26)7-9-18)35(30,31)22-12-16(5-10-21(22)25)23(28)33-14-19-13-20(15(2)34-19)24(29)32-3/h4-10,12-13H,1,11,14H2,2-3H3. The highest BCUT2D eigenvalue weighted by Gasteiger charge is 2.28. The summed E-state index contributed by atoms with van der Waals surface area (Å²) in [5, 5.41) is -0.123. The van der Waals surface area contributed by atoms with Crippen molar-refractivity contribution in [3.63, 3.8) is 0 Å². The van der Waals surface area contributed by atoms with Gasteiger partial charge in [0.15, 0.2) is 0 Å². The molecule has 3 aromatic rings. The van der Waals surface area contributed by atoms with Gasteiger partial charge in [-0.3, -0.25) is 4.31 Å².